The van der Waals surface area contributed by atoms with Crippen LogP contribution in [0.4, 0.5) is 0 Å². The first-order valence-electron chi connectivity index (χ1n) is 6.88. The van der Waals surface area contributed by atoms with Crippen molar-refractivity contribution in [3.8, 4) is 0 Å². The summed E-state index contributed by atoms with van der Waals surface area (Å²) >= 11 is 0. The van der Waals surface area contributed by atoms with E-state index in [1.54, 1.807) is 0 Å². The van der Waals surface area contributed by atoms with Crippen LogP contribution in [0.25, 0.3) is 0 Å². The quantitative estimate of drug-likeness (QED) is 0.839. The first-order chi connectivity index (χ1) is 8.40. The van der Waals surface area contributed by atoms with E-state index in [9.17, 15) is 0 Å². The summed E-state index contributed by atoms with van der Waals surface area (Å²) in [7, 11) is 2.03. The van der Waals surface area contributed by atoms with Crippen molar-refractivity contribution in [2.24, 2.45) is 5.73 Å². The van der Waals surface area contributed by atoms with Crippen LogP contribution in [0.5, 0.6) is 0 Å². The molecule has 1 aromatic rings. The van der Waals surface area contributed by atoms with Crippen LogP contribution in [-0.4, -0.2) is 13.6 Å². The Morgan fingerprint density at radius 1 is 1.28 bits per heavy atom. The van der Waals surface area contributed by atoms with E-state index in [4.69, 9.17) is 5.73 Å². The topological polar surface area (TPSA) is 38.0 Å². The largest absolute Gasteiger partial charge is 0.330 e. The van der Waals surface area contributed by atoms with E-state index >= 15 is 0 Å². The van der Waals surface area contributed by atoms with Gasteiger partial charge in [0.15, 0.2) is 0 Å². The molecule has 0 spiro atoms. The Kier molecular flexibility index (Phi) is 5.36. The predicted octanol–water partition coefficient (Wildman–Crippen LogP) is 3.29. The molecule has 2 heteroatoms. The lowest BCUT2D eigenvalue weighted by Crippen LogP contribution is -2.19. The molecule has 18 heavy (non-hydrogen) atoms. The summed E-state index contributed by atoms with van der Waals surface area (Å²) in [6.45, 7) is 9.73. The maximum atomic E-state index is 5.60. The van der Waals surface area contributed by atoms with Crippen LogP contribution in [0.1, 0.15) is 56.3 Å². The van der Waals surface area contributed by atoms with E-state index in [0.29, 0.717) is 6.04 Å². The zero-order valence-corrected chi connectivity index (χ0v) is 12.5. The molecule has 0 amide bonds. The summed E-state index contributed by atoms with van der Waals surface area (Å²) in [6.07, 6.45) is 2.16. The van der Waals surface area contributed by atoms with Gasteiger partial charge in [0.2, 0.25) is 0 Å². The summed E-state index contributed by atoms with van der Waals surface area (Å²) in [6, 6.07) is 7.27. The molecule has 1 aromatic carbocycles. The molecule has 0 saturated carbocycles. The van der Waals surface area contributed by atoms with Gasteiger partial charge >= 0.3 is 0 Å². The average molecular weight is 248 g/mol. The third-order valence-corrected chi connectivity index (χ3v) is 3.56. The maximum absolute atomic E-state index is 5.60. The van der Waals surface area contributed by atoms with Gasteiger partial charge in [0, 0.05) is 6.04 Å². The number of rotatable bonds is 5. The molecule has 2 nitrogen and oxygen atoms in total. The van der Waals surface area contributed by atoms with Crippen LogP contribution in [0.3, 0.4) is 0 Å². The van der Waals surface area contributed by atoms with Crippen LogP contribution in [-0.2, 0) is 5.41 Å². The van der Waals surface area contributed by atoms with E-state index < -0.39 is 0 Å². The second-order valence-corrected chi connectivity index (χ2v) is 6.09. The van der Waals surface area contributed by atoms with E-state index in [0.717, 1.165) is 19.4 Å². The summed E-state index contributed by atoms with van der Waals surface area (Å²) < 4.78 is 0. The van der Waals surface area contributed by atoms with Crippen molar-refractivity contribution >= 4 is 0 Å². The molecule has 0 radical (unpaired) electrons. The molecular formula is C16H28N2. The monoisotopic (exact) mass is 248 g/mol. The van der Waals surface area contributed by atoms with Gasteiger partial charge in [0.25, 0.3) is 0 Å². The number of nitrogens with one attached hydrogen (secondary N) is 1. The molecule has 0 heterocycles. The van der Waals surface area contributed by atoms with Crippen molar-refractivity contribution in [1.82, 2.24) is 5.32 Å². The summed E-state index contributed by atoms with van der Waals surface area (Å²) in [5.74, 6) is 0. The molecule has 102 valence electrons. The average Bonchev–Trinajstić information content (AvgIpc) is 2.30. The van der Waals surface area contributed by atoms with Crippen molar-refractivity contribution in [2.45, 2.75) is 52.0 Å². The molecule has 1 rings (SSSR count). The molecule has 0 bridgehead atoms. The van der Waals surface area contributed by atoms with Crippen LogP contribution in [0.15, 0.2) is 18.2 Å². The Morgan fingerprint density at radius 2 is 1.94 bits per heavy atom. The molecule has 0 aliphatic heterocycles. The van der Waals surface area contributed by atoms with Gasteiger partial charge in [-0.05, 0) is 55.5 Å². The molecule has 1 unspecified atom stereocenters. The summed E-state index contributed by atoms with van der Waals surface area (Å²) in [5, 5.41) is 3.40. The van der Waals surface area contributed by atoms with Gasteiger partial charge in [-0.3, -0.25) is 0 Å². The molecule has 1 atom stereocenters. The van der Waals surface area contributed by atoms with Gasteiger partial charge < -0.3 is 11.1 Å². The highest BCUT2D eigenvalue weighted by atomic mass is 14.9. The van der Waals surface area contributed by atoms with Crippen LogP contribution in [0, 0.1) is 6.92 Å². The van der Waals surface area contributed by atoms with Gasteiger partial charge in [-0.1, -0.05) is 39.0 Å². The Balaban J connectivity index is 2.96. The van der Waals surface area contributed by atoms with E-state index in [-0.39, 0.29) is 5.41 Å². The lowest BCUT2D eigenvalue weighted by atomic mass is 9.84. The standard InChI is InChI=1S/C16H28N2/c1-12-11-13(16(2,3)4)8-9-14(12)15(18-5)7-6-10-17/h8-9,11,15,18H,6-7,10,17H2,1-5H3. The maximum Gasteiger partial charge on any atom is 0.0320 e. The third kappa shape index (κ3) is 3.82. The normalized spacial score (nSPS) is 13.7. The third-order valence-electron chi connectivity index (χ3n) is 3.56. The summed E-state index contributed by atoms with van der Waals surface area (Å²) in [5.41, 5.74) is 10.00. The lowest BCUT2D eigenvalue weighted by Gasteiger charge is -2.23. The van der Waals surface area contributed by atoms with Crippen LogP contribution < -0.4 is 11.1 Å². The molecule has 0 fully saturated rings. The Hall–Kier alpha value is -0.860. The smallest absolute Gasteiger partial charge is 0.0320 e. The van der Waals surface area contributed by atoms with Crippen molar-refractivity contribution in [3.05, 3.63) is 34.9 Å². The molecule has 0 saturated heterocycles. The van der Waals surface area contributed by atoms with E-state index in [1.807, 2.05) is 7.05 Å². The fraction of sp³-hybridized carbons (Fsp3) is 0.625. The van der Waals surface area contributed by atoms with E-state index in [2.05, 4.69) is 51.2 Å². The Morgan fingerprint density at radius 3 is 2.39 bits per heavy atom. The summed E-state index contributed by atoms with van der Waals surface area (Å²) in [4.78, 5) is 0. The fourth-order valence-corrected chi connectivity index (χ4v) is 2.31. The Bertz CT molecular complexity index is 377. The highest BCUT2D eigenvalue weighted by molar-refractivity contribution is 5.36. The van der Waals surface area contributed by atoms with Crippen molar-refractivity contribution < 1.29 is 0 Å². The minimum atomic E-state index is 0.218. The Labute approximate surface area is 112 Å². The second kappa shape index (κ2) is 6.35. The zero-order chi connectivity index (χ0) is 13.8. The molecular weight excluding hydrogens is 220 g/mol. The molecule has 0 aliphatic rings. The van der Waals surface area contributed by atoms with Crippen molar-refractivity contribution in [3.63, 3.8) is 0 Å². The molecule has 0 aromatic heterocycles. The van der Waals surface area contributed by atoms with Gasteiger partial charge in [0.05, 0.1) is 0 Å². The SMILES string of the molecule is CNC(CCCN)c1ccc(C(C)(C)C)cc1C. The highest BCUT2D eigenvalue weighted by Crippen LogP contribution is 2.28. The first kappa shape index (κ1) is 15.2. The van der Waals surface area contributed by atoms with Gasteiger partial charge in [-0.2, -0.15) is 0 Å². The fourth-order valence-electron chi connectivity index (χ4n) is 2.31. The number of benzene rings is 1. The van der Waals surface area contributed by atoms with E-state index in [1.165, 1.54) is 16.7 Å². The van der Waals surface area contributed by atoms with Crippen molar-refractivity contribution in [2.75, 3.05) is 13.6 Å². The van der Waals surface area contributed by atoms with Gasteiger partial charge in [-0.25, -0.2) is 0 Å². The van der Waals surface area contributed by atoms with Crippen LogP contribution in [0.2, 0.25) is 0 Å². The van der Waals surface area contributed by atoms with Gasteiger partial charge in [0.1, 0.15) is 0 Å². The number of hydrogen-bond acceptors (Lipinski definition) is 2. The lowest BCUT2D eigenvalue weighted by molar-refractivity contribution is 0.527. The number of nitrogens with two attached hydrogens (primary N) is 1. The zero-order valence-electron chi connectivity index (χ0n) is 12.5. The first-order valence-corrected chi connectivity index (χ1v) is 6.88. The van der Waals surface area contributed by atoms with Crippen molar-refractivity contribution in [1.29, 1.82) is 0 Å². The number of hydrogen-bond donors (Lipinski definition) is 2. The highest BCUT2D eigenvalue weighted by Gasteiger charge is 2.17. The molecule has 0 aliphatic carbocycles. The predicted molar refractivity (Wildman–Crippen MR) is 80.0 cm³/mol. The second-order valence-electron chi connectivity index (χ2n) is 6.09. The molecule has 3 N–H and O–H groups in total. The number of aryl methyl sites for hydroxylation is 1. The minimum Gasteiger partial charge on any atom is -0.330 e. The minimum absolute atomic E-state index is 0.218. The van der Waals surface area contributed by atoms with Gasteiger partial charge in [-0.15, -0.1) is 0 Å². The van der Waals surface area contributed by atoms with Crippen LogP contribution >= 0.6 is 0 Å².